The lowest BCUT2D eigenvalue weighted by Gasteiger charge is -2.08. The molecule has 0 atom stereocenters. The van der Waals surface area contributed by atoms with Gasteiger partial charge in [-0.2, -0.15) is 0 Å². The molecule has 3 rings (SSSR count). The highest BCUT2D eigenvalue weighted by Gasteiger charge is 2.12. The SMILES string of the molecule is Oc1c(-c2ccccn2)ccnc1-c1ccccc1. The third kappa shape index (κ3) is 2.18. The third-order valence-electron chi connectivity index (χ3n) is 2.91. The normalized spacial score (nSPS) is 10.3. The van der Waals surface area contributed by atoms with Gasteiger partial charge in [-0.25, -0.2) is 0 Å². The van der Waals surface area contributed by atoms with Gasteiger partial charge in [-0.3, -0.25) is 9.97 Å². The number of pyridine rings is 2. The summed E-state index contributed by atoms with van der Waals surface area (Å²) in [6.45, 7) is 0. The molecule has 0 amide bonds. The van der Waals surface area contributed by atoms with E-state index in [1.165, 1.54) is 0 Å². The molecule has 0 aliphatic carbocycles. The van der Waals surface area contributed by atoms with E-state index in [4.69, 9.17) is 0 Å². The minimum Gasteiger partial charge on any atom is -0.505 e. The van der Waals surface area contributed by atoms with Crippen LogP contribution in [-0.2, 0) is 0 Å². The fourth-order valence-corrected chi connectivity index (χ4v) is 1.99. The molecule has 19 heavy (non-hydrogen) atoms. The molecular weight excluding hydrogens is 236 g/mol. The Kier molecular flexibility index (Phi) is 2.94. The molecule has 0 saturated heterocycles. The molecule has 0 bridgehead atoms. The van der Waals surface area contributed by atoms with E-state index in [1.54, 1.807) is 18.5 Å². The summed E-state index contributed by atoms with van der Waals surface area (Å²) < 4.78 is 0. The predicted molar refractivity (Wildman–Crippen MR) is 74.6 cm³/mol. The van der Waals surface area contributed by atoms with Crippen molar-refractivity contribution in [1.29, 1.82) is 0 Å². The average Bonchev–Trinajstić information content (AvgIpc) is 2.49. The summed E-state index contributed by atoms with van der Waals surface area (Å²) in [6, 6.07) is 17.0. The largest absolute Gasteiger partial charge is 0.505 e. The Morgan fingerprint density at radius 3 is 2.26 bits per heavy atom. The summed E-state index contributed by atoms with van der Waals surface area (Å²) in [5, 5.41) is 10.4. The minimum atomic E-state index is 0.160. The molecule has 0 unspecified atom stereocenters. The highest BCUT2D eigenvalue weighted by Crippen LogP contribution is 2.34. The highest BCUT2D eigenvalue weighted by atomic mass is 16.3. The maximum Gasteiger partial charge on any atom is 0.151 e. The average molecular weight is 248 g/mol. The molecule has 92 valence electrons. The molecule has 0 aliphatic rings. The zero-order chi connectivity index (χ0) is 13.1. The lowest BCUT2D eigenvalue weighted by atomic mass is 10.1. The Balaban J connectivity index is 2.15. The second-order valence-corrected chi connectivity index (χ2v) is 4.14. The summed E-state index contributed by atoms with van der Waals surface area (Å²) >= 11 is 0. The molecule has 0 aliphatic heterocycles. The van der Waals surface area contributed by atoms with Crippen LogP contribution in [0.4, 0.5) is 0 Å². The van der Waals surface area contributed by atoms with Crippen LogP contribution in [0.2, 0.25) is 0 Å². The van der Waals surface area contributed by atoms with Crippen molar-refractivity contribution in [3.8, 4) is 28.3 Å². The number of benzene rings is 1. The highest BCUT2D eigenvalue weighted by molar-refractivity contribution is 5.77. The van der Waals surface area contributed by atoms with Gasteiger partial charge in [-0.1, -0.05) is 36.4 Å². The van der Waals surface area contributed by atoms with Gasteiger partial charge in [-0.15, -0.1) is 0 Å². The van der Waals surface area contributed by atoms with Crippen LogP contribution in [0.5, 0.6) is 5.75 Å². The molecule has 1 N–H and O–H groups in total. The molecule has 0 saturated carbocycles. The molecule has 1 aromatic carbocycles. The Morgan fingerprint density at radius 1 is 0.737 bits per heavy atom. The number of aromatic hydroxyl groups is 1. The summed E-state index contributed by atoms with van der Waals surface area (Å²) in [6.07, 6.45) is 3.39. The van der Waals surface area contributed by atoms with Crippen molar-refractivity contribution in [3.63, 3.8) is 0 Å². The Bertz CT molecular complexity index is 624. The van der Waals surface area contributed by atoms with E-state index in [-0.39, 0.29) is 5.75 Å². The van der Waals surface area contributed by atoms with Crippen molar-refractivity contribution < 1.29 is 5.11 Å². The molecule has 0 fully saturated rings. The first-order chi connectivity index (χ1) is 9.36. The molecule has 3 nitrogen and oxygen atoms in total. The molecule has 3 heteroatoms. The quantitative estimate of drug-likeness (QED) is 0.754. The molecule has 0 radical (unpaired) electrons. The van der Waals surface area contributed by atoms with Crippen LogP contribution in [0.3, 0.4) is 0 Å². The van der Waals surface area contributed by atoms with Crippen LogP contribution in [0, 0.1) is 0 Å². The second kappa shape index (κ2) is 4.90. The Hall–Kier alpha value is -2.68. The maximum absolute atomic E-state index is 10.4. The van der Waals surface area contributed by atoms with Crippen molar-refractivity contribution in [2.24, 2.45) is 0 Å². The van der Waals surface area contributed by atoms with Gasteiger partial charge < -0.3 is 5.11 Å². The molecular formula is C16H12N2O. The fraction of sp³-hybridized carbons (Fsp3) is 0. The zero-order valence-electron chi connectivity index (χ0n) is 10.2. The zero-order valence-corrected chi connectivity index (χ0v) is 10.2. The van der Waals surface area contributed by atoms with Crippen LogP contribution >= 0.6 is 0 Å². The minimum absolute atomic E-state index is 0.160. The first-order valence-corrected chi connectivity index (χ1v) is 6.01. The van der Waals surface area contributed by atoms with Gasteiger partial charge in [0.1, 0.15) is 5.69 Å². The topological polar surface area (TPSA) is 46.0 Å². The standard InChI is InChI=1S/C16H12N2O/c19-16-13(14-8-4-5-10-17-14)9-11-18-15(16)12-6-2-1-3-7-12/h1-11,19H. The van der Waals surface area contributed by atoms with E-state index in [2.05, 4.69) is 9.97 Å². The smallest absolute Gasteiger partial charge is 0.151 e. The summed E-state index contributed by atoms with van der Waals surface area (Å²) in [5.41, 5.74) is 2.88. The van der Waals surface area contributed by atoms with E-state index in [0.717, 1.165) is 11.3 Å². The Labute approximate surface area is 111 Å². The van der Waals surface area contributed by atoms with Gasteiger partial charge in [0.15, 0.2) is 5.75 Å². The number of aromatic nitrogens is 2. The van der Waals surface area contributed by atoms with E-state index >= 15 is 0 Å². The van der Waals surface area contributed by atoms with E-state index in [9.17, 15) is 5.11 Å². The van der Waals surface area contributed by atoms with E-state index in [0.29, 0.717) is 11.3 Å². The van der Waals surface area contributed by atoms with Gasteiger partial charge in [-0.05, 0) is 18.2 Å². The summed E-state index contributed by atoms with van der Waals surface area (Å²) in [4.78, 5) is 8.51. The monoisotopic (exact) mass is 248 g/mol. The van der Waals surface area contributed by atoms with Gasteiger partial charge in [0, 0.05) is 23.5 Å². The molecule has 3 aromatic rings. The first-order valence-electron chi connectivity index (χ1n) is 6.01. The summed E-state index contributed by atoms with van der Waals surface area (Å²) in [7, 11) is 0. The number of nitrogens with zero attached hydrogens (tertiary/aromatic N) is 2. The van der Waals surface area contributed by atoms with Crippen molar-refractivity contribution >= 4 is 0 Å². The lowest BCUT2D eigenvalue weighted by molar-refractivity contribution is 0.477. The molecule has 2 aromatic heterocycles. The van der Waals surface area contributed by atoms with Crippen molar-refractivity contribution in [2.75, 3.05) is 0 Å². The van der Waals surface area contributed by atoms with Gasteiger partial charge >= 0.3 is 0 Å². The third-order valence-corrected chi connectivity index (χ3v) is 2.91. The number of hydrogen-bond acceptors (Lipinski definition) is 3. The number of rotatable bonds is 2. The number of hydrogen-bond donors (Lipinski definition) is 1. The Morgan fingerprint density at radius 2 is 1.53 bits per heavy atom. The van der Waals surface area contributed by atoms with Crippen molar-refractivity contribution in [3.05, 3.63) is 67.0 Å². The van der Waals surface area contributed by atoms with Gasteiger partial charge in [0.2, 0.25) is 0 Å². The van der Waals surface area contributed by atoms with Crippen molar-refractivity contribution in [2.45, 2.75) is 0 Å². The van der Waals surface area contributed by atoms with Gasteiger partial charge in [0.25, 0.3) is 0 Å². The van der Waals surface area contributed by atoms with Crippen LogP contribution in [0.25, 0.3) is 22.5 Å². The first kappa shape index (κ1) is 11.4. The van der Waals surface area contributed by atoms with Crippen molar-refractivity contribution in [1.82, 2.24) is 9.97 Å². The van der Waals surface area contributed by atoms with E-state index < -0.39 is 0 Å². The van der Waals surface area contributed by atoms with Crippen LogP contribution in [0.1, 0.15) is 0 Å². The summed E-state index contributed by atoms with van der Waals surface area (Å²) in [5.74, 6) is 0.160. The maximum atomic E-state index is 10.4. The fourth-order valence-electron chi connectivity index (χ4n) is 1.99. The van der Waals surface area contributed by atoms with E-state index in [1.807, 2.05) is 48.5 Å². The van der Waals surface area contributed by atoms with Crippen LogP contribution in [0.15, 0.2) is 67.0 Å². The van der Waals surface area contributed by atoms with Crippen LogP contribution in [-0.4, -0.2) is 15.1 Å². The second-order valence-electron chi connectivity index (χ2n) is 4.14. The van der Waals surface area contributed by atoms with Gasteiger partial charge in [0.05, 0.1) is 5.69 Å². The molecule has 2 heterocycles. The lowest BCUT2D eigenvalue weighted by Crippen LogP contribution is -1.89. The molecule has 0 spiro atoms. The predicted octanol–water partition coefficient (Wildman–Crippen LogP) is 3.52. The van der Waals surface area contributed by atoms with Crippen LogP contribution < -0.4 is 0 Å².